The van der Waals surface area contributed by atoms with Gasteiger partial charge < -0.3 is 10.1 Å². The number of benzene rings is 2. The van der Waals surface area contributed by atoms with Crippen molar-refractivity contribution in [2.24, 2.45) is 0 Å². The Morgan fingerprint density at radius 2 is 2.09 bits per heavy atom. The Balaban J connectivity index is 2.02. The summed E-state index contributed by atoms with van der Waals surface area (Å²) in [7, 11) is 0. The minimum absolute atomic E-state index is 0.244. The molecule has 2 aromatic rings. The van der Waals surface area contributed by atoms with Crippen LogP contribution in [-0.4, -0.2) is 12.0 Å². The number of hydrogen-bond donors (Lipinski definition) is 1. The molecule has 5 heteroatoms. The molecule has 1 amide bonds. The SMILES string of the molecule is CCc1cccc(OC(C)C(=O)Nc2ccc(Br)cc2Cl)c1. The number of carbonyl (C=O) groups is 1. The average molecular weight is 383 g/mol. The molecule has 2 rings (SSSR count). The zero-order valence-electron chi connectivity index (χ0n) is 12.4. The molecule has 0 radical (unpaired) electrons. The molecule has 0 aliphatic rings. The maximum atomic E-state index is 12.2. The molecule has 1 N–H and O–H groups in total. The Labute approximate surface area is 143 Å². The van der Waals surface area contributed by atoms with E-state index in [0.29, 0.717) is 16.5 Å². The number of aryl methyl sites for hydroxylation is 1. The van der Waals surface area contributed by atoms with Gasteiger partial charge >= 0.3 is 0 Å². The van der Waals surface area contributed by atoms with Crippen molar-refractivity contribution < 1.29 is 9.53 Å². The first kappa shape index (κ1) is 16.8. The van der Waals surface area contributed by atoms with Crippen LogP contribution in [0.4, 0.5) is 5.69 Å². The van der Waals surface area contributed by atoms with Crippen LogP contribution in [-0.2, 0) is 11.2 Å². The standard InChI is InChI=1S/C17H17BrClNO2/c1-3-12-5-4-6-14(9-12)22-11(2)17(21)20-16-8-7-13(18)10-15(16)19/h4-11H,3H2,1-2H3,(H,20,21). The molecule has 22 heavy (non-hydrogen) atoms. The fourth-order valence-corrected chi connectivity index (χ4v) is 2.64. The second kappa shape index (κ2) is 7.65. The highest BCUT2D eigenvalue weighted by atomic mass is 79.9. The molecule has 0 aliphatic carbocycles. The lowest BCUT2D eigenvalue weighted by Crippen LogP contribution is -2.30. The molecule has 0 aliphatic heterocycles. The second-order valence-electron chi connectivity index (χ2n) is 4.87. The van der Waals surface area contributed by atoms with Gasteiger partial charge in [0.1, 0.15) is 5.75 Å². The van der Waals surface area contributed by atoms with Crippen LogP contribution in [0.25, 0.3) is 0 Å². The molecule has 3 nitrogen and oxygen atoms in total. The molecular weight excluding hydrogens is 366 g/mol. The van der Waals surface area contributed by atoms with E-state index < -0.39 is 6.10 Å². The third kappa shape index (κ3) is 4.49. The summed E-state index contributed by atoms with van der Waals surface area (Å²) in [5, 5.41) is 3.24. The number of carbonyl (C=O) groups excluding carboxylic acids is 1. The largest absolute Gasteiger partial charge is 0.481 e. The number of amides is 1. The molecule has 0 saturated heterocycles. The van der Waals surface area contributed by atoms with E-state index in [-0.39, 0.29) is 5.91 Å². The van der Waals surface area contributed by atoms with Crippen LogP contribution in [0, 0.1) is 0 Å². The lowest BCUT2D eigenvalue weighted by atomic mass is 10.2. The van der Waals surface area contributed by atoms with Crippen LogP contribution in [0.5, 0.6) is 5.75 Å². The molecule has 0 aromatic heterocycles. The summed E-state index contributed by atoms with van der Waals surface area (Å²) in [6.45, 7) is 3.78. The summed E-state index contributed by atoms with van der Waals surface area (Å²) in [4.78, 5) is 12.2. The second-order valence-corrected chi connectivity index (χ2v) is 6.20. The molecule has 2 aromatic carbocycles. The lowest BCUT2D eigenvalue weighted by molar-refractivity contribution is -0.122. The number of anilines is 1. The van der Waals surface area contributed by atoms with Crippen molar-refractivity contribution in [2.75, 3.05) is 5.32 Å². The topological polar surface area (TPSA) is 38.3 Å². The molecule has 0 fully saturated rings. The quantitative estimate of drug-likeness (QED) is 0.784. The van der Waals surface area contributed by atoms with Gasteiger partial charge in [-0.15, -0.1) is 0 Å². The van der Waals surface area contributed by atoms with Gasteiger partial charge in [0.15, 0.2) is 6.10 Å². The first-order valence-corrected chi connectivity index (χ1v) is 8.18. The van der Waals surface area contributed by atoms with E-state index in [0.717, 1.165) is 10.9 Å². The van der Waals surface area contributed by atoms with E-state index in [1.807, 2.05) is 30.3 Å². The maximum Gasteiger partial charge on any atom is 0.265 e. The minimum atomic E-state index is -0.619. The van der Waals surface area contributed by atoms with Crippen molar-refractivity contribution in [1.82, 2.24) is 0 Å². The molecule has 1 atom stereocenters. The molecule has 0 heterocycles. The number of hydrogen-bond acceptors (Lipinski definition) is 2. The monoisotopic (exact) mass is 381 g/mol. The van der Waals surface area contributed by atoms with Crippen LogP contribution >= 0.6 is 27.5 Å². The number of nitrogens with one attached hydrogen (secondary N) is 1. The molecule has 0 saturated carbocycles. The molecule has 0 bridgehead atoms. The van der Waals surface area contributed by atoms with Crippen LogP contribution in [0.1, 0.15) is 19.4 Å². The summed E-state index contributed by atoms with van der Waals surface area (Å²) < 4.78 is 6.55. The normalized spacial score (nSPS) is 11.8. The van der Waals surface area contributed by atoms with E-state index >= 15 is 0 Å². The zero-order valence-corrected chi connectivity index (χ0v) is 14.7. The van der Waals surface area contributed by atoms with Crippen molar-refractivity contribution >= 4 is 39.1 Å². The Morgan fingerprint density at radius 1 is 1.32 bits per heavy atom. The number of ether oxygens (including phenoxy) is 1. The highest BCUT2D eigenvalue weighted by Gasteiger charge is 2.16. The van der Waals surface area contributed by atoms with Crippen molar-refractivity contribution in [1.29, 1.82) is 0 Å². The Kier molecular flexibility index (Phi) is 5.86. The summed E-state index contributed by atoms with van der Waals surface area (Å²) >= 11 is 9.42. The third-order valence-electron chi connectivity index (χ3n) is 3.18. The van der Waals surface area contributed by atoms with Gasteiger partial charge in [-0.25, -0.2) is 0 Å². The van der Waals surface area contributed by atoms with Crippen molar-refractivity contribution in [2.45, 2.75) is 26.4 Å². The predicted molar refractivity (Wildman–Crippen MR) is 93.7 cm³/mol. The van der Waals surface area contributed by atoms with Gasteiger partial charge in [-0.05, 0) is 49.2 Å². The van der Waals surface area contributed by atoms with Gasteiger partial charge in [0.25, 0.3) is 5.91 Å². The first-order valence-electron chi connectivity index (χ1n) is 7.01. The smallest absolute Gasteiger partial charge is 0.265 e. The van der Waals surface area contributed by atoms with Gasteiger partial charge in [0.2, 0.25) is 0 Å². The van der Waals surface area contributed by atoms with Gasteiger partial charge in [-0.3, -0.25) is 4.79 Å². The minimum Gasteiger partial charge on any atom is -0.481 e. The highest BCUT2D eigenvalue weighted by molar-refractivity contribution is 9.10. The fraction of sp³-hybridized carbons (Fsp3) is 0.235. The van der Waals surface area contributed by atoms with E-state index in [1.54, 1.807) is 19.1 Å². The molecule has 0 spiro atoms. The molecule has 116 valence electrons. The first-order chi connectivity index (χ1) is 10.5. The summed E-state index contributed by atoms with van der Waals surface area (Å²) in [6, 6.07) is 13.0. The Hall–Kier alpha value is -1.52. The Bertz CT molecular complexity index is 675. The van der Waals surface area contributed by atoms with Crippen molar-refractivity contribution in [3.63, 3.8) is 0 Å². The maximum absolute atomic E-state index is 12.2. The van der Waals surface area contributed by atoms with E-state index in [1.165, 1.54) is 5.56 Å². The summed E-state index contributed by atoms with van der Waals surface area (Å²) in [5.74, 6) is 0.440. The molecule has 1 unspecified atom stereocenters. The summed E-state index contributed by atoms with van der Waals surface area (Å²) in [6.07, 6.45) is 0.304. The molecular formula is C17H17BrClNO2. The Morgan fingerprint density at radius 3 is 2.77 bits per heavy atom. The van der Waals surface area contributed by atoms with Gasteiger partial charge in [-0.1, -0.05) is 46.6 Å². The average Bonchev–Trinajstić information content (AvgIpc) is 2.50. The van der Waals surface area contributed by atoms with Gasteiger partial charge in [-0.2, -0.15) is 0 Å². The van der Waals surface area contributed by atoms with Crippen LogP contribution in [0.3, 0.4) is 0 Å². The lowest BCUT2D eigenvalue weighted by Gasteiger charge is -2.16. The summed E-state index contributed by atoms with van der Waals surface area (Å²) in [5.41, 5.74) is 1.73. The van der Waals surface area contributed by atoms with Crippen molar-refractivity contribution in [3.05, 3.63) is 57.5 Å². The van der Waals surface area contributed by atoms with Crippen LogP contribution in [0.2, 0.25) is 5.02 Å². The van der Waals surface area contributed by atoms with Crippen molar-refractivity contribution in [3.8, 4) is 5.75 Å². The predicted octanol–water partition coefficient (Wildman–Crippen LogP) is 5.07. The van der Waals surface area contributed by atoms with E-state index in [4.69, 9.17) is 16.3 Å². The van der Waals surface area contributed by atoms with Crippen LogP contribution < -0.4 is 10.1 Å². The van der Waals surface area contributed by atoms with Crippen LogP contribution in [0.15, 0.2) is 46.9 Å². The van der Waals surface area contributed by atoms with Gasteiger partial charge in [0, 0.05) is 4.47 Å². The zero-order chi connectivity index (χ0) is 16.1. The number of halogens is 2. The van der Waals surface area contributed by atoms with Gasteiger partial charge in [0.05, 0.1) is 10.7 Å². The third-order valence-corrected chi connectivity index (χ3v) is 3.98. The van der Waals surface area contributed by atoms with E-state index in [2.05, 4.69) is 28.2 Å². The number of rotatable bonds is 5. The van der Waals surface area contributed by atoms with E-state index in [9.17, 15) is 4.79 Å². The fourth-order valence-electron chi connectivity index (χ4n) is 1.92. The highest BCUT2D eigenvalue weighted by Crippen LogP contribution is 2.26.